The van der Waals surface area contributed by atoms with E-state index in [0.717, 1.165) is 14.2 Å². The second-order valence-electron chi connectivity index (χ2n) is 4.39. The first kappa shape index (κ1) is 15.9. The highest BCUT2D eigenvalue weighted by atomic mass is 79.9. The van der Waals surface area contributed by atoms with Gasteiger partial charge in [0.1, 0.15) is 11.5 Å². The lowest BCUT2D eigenvalue weighted by Gasteiger charge is -2.12. The van der Waals surface area contributed by atoms with Crippen LogP contribution in [0.15, 0.2) is 28.1 Å². The van der Waals surface area contributed by atoms with Crippen molar-refractivity contribution in [3.63, 3.8) is 0 Å². The van der Waals surface area contributed by atoms with Crippen LogP contribution in [0.4, 0.5) is 0 Å². The summed E-state index contributed by atoms with van der Waals surface area (Å²) in [5, 5.41) is 2.89. The molecule has 112 valence electrons. The van der Waals surface area contributed by atoms with Crippen molar-refractivity contribution in [1.82, 2.24) is 5.32 Å². The SMILES string of the molecule is COc1cc(C(=O)NCc2ccc(Br)s2)cc(OC)c1C. The number of amides is 1. The highest BCUT2D eigenvalue weighted by Crippen LogP contribution is 2.29. The Hall–Kier alpha value is -1.53. The second-order valence-corrected chi connectivity index (χ2v) is 6.94. The van der Waals surface area contributed by atoms with Crippen LogP contribution in [-0.2, 0) is 6.54 Å². The Bertz CT molecular complexity index is 629. The van der Waals surface area contributed by atoms with Gasteiger partial charge in [-0.3, -0.25) is 4.79 Å². The van der Waals surface area contributed by atoms with Gasteiger partial charge in [0.05, 0.1) is 24.6 Å². The first-order valence-electron chi connectivity index (χ1n) is 6.30. The maximum Gasteiger partial charge on any atom is 0.251 e. The van der Waals surface area contributed by atoms with E-state index < -0.39 is 0 Å². The summed E-state index contributed by atoms with van der Waals surface area (Å²) in [5.74, 6) is 1.12. The van der Waals surface area contributed by atoms with E-state index >= 15 is 0 Å². The molecule has 2 rings (SSSR count). The van der Waals surface area contributed by atoms with Crippen LogP contribution in [0.2, 0.25) is 0 Å². The molecule has 0 saturated heterocycles. The van der Waals surface area contributed by atoms with Gasteiger partial charge in [0, 0.05) is 16.0 Å². The summed E-state index contributed by atoms with van der Waals surface area (Å²) < 4.78 is 11.6. The molecule has 4 nitrogen and oxygen atoms in total. The summed E-state index contributed by atoms with van der Waals surface area (Å²) in [5.41, 5.74) is 1.39. The Morgan fingerprint density at radius 2 is 1.86 bits per heavy atom. The smallest absolute Gasteiger partial charge is 0.251 e. The molecule has 0 bridgehead atoms. The molecule has 1 amide bonds. The van der Waals surface area contributed by atoms with Crippen LogP contribution in [0.5, 0.6) is 11.5 Å². The van der Waals surface area contributed by atoms with Gasteiger partial charge < -0.3 is 14.8 Å². The Balaban J connectivity index is 2.15. The van der Waals surface area contributed by atoms with Gasteiger partial charge in [-0.2, -0.15) is 0 Å². The second kappa shape index (κ2) is 6.95. The average molecular weight is 370 g/mol. The van der Waals surface area contributed by atoms with E-state index in [1.165, 1.54) is 0 Å². The van der Waals surface area contributed by atoms with Crippen molar-refractivity contribution in [2.24, 2.45) is 0 Å². The largest absolute Gasteiger partial charge is 0.496 e. The molecule has 0 aliphatic heterocycles. The molecule has 21 heavy (non-hydrogen) atoms. The van der Waals surface area contributed by atoms with Gasteiger partial charge >= 0.3 is 0 Å². The number of carbonyl (C=O) groups excluding carboxylic acids is 1. The third-order valence-electron chi connectivity index (χ3n) is 3.07. The molecule has 0 fully saturated rings. The number of thiophene rings is 1. The maximum absolute atomic E-state index is 12.2. The summed E-state index contributed by atoms with van der Waals surface area (Å²) >= 11 is 5.00. The first-order valence-corrected chi connectivity index (χ1v) is 7.91. The minimum Gasteiger partial charge on any atom is -0.496 e. The van der Waals surface area contributed by atoms with E-state index in [0.29, 0.717) is 23.6 Å². The van der Waals surface area contributed by atoms with Crippen molar-refractivity contribution in [3.05, 3.63) is 44.1 Å². The van der Waals surface area contributed by atoms with Gasteiger partial charge in [-0.25, -0.2) is 0 Å². The van der Waals surface area contributed by atoms with Gasteiger partial charge in [0.15, 0.2) is 0 Å². The molecule has 6 heteroatoms. The van der Waals surface area contributed by atoms with Gasteiger partial charge in [-0.05, 0) is 47.1 Å². The van der Waals surface area contributed by atoms with Crippen LogP contribution in [0.3, 0.4) is 0 Å². The molecule has 0 aliphatic carbocycles. The normalized spacial score (nSPS) is 10.3. The topological polar surface area (TPSA) is 47.6 Å². The number of rotatable bonds is 5. The number of ether oxygens (including phenoxy) is 2. The summed E-state index contributed by atoms with van der Waals surface area (Å²) in [6, 6.07) is 7.38. The van der Waals surface area contributed by atoms with E-state index in [-0.39, 0.29) is 5.91 Å². The number of hydrogen-bond acceptors (Lipinski definition) is 4. The number of methoxy groups -OCH3 is 2. The minimum atomic E-state index is -0.156. The number of carbonyl (C=O) groups is 1. The van der Waals surface area contributed by atoms with E-state index in [2.05, 4.69) is 21.2 Å². The Labute approximate surface area is 136 Å². The van der Waals surface area contributed by atoms with Crippen molar-refractivity contribution in [1.29, 1.82) is 0 Å². The molecule has 1 N–H and O–H groups in total. The van der Waals surface area contributed by atoms with E-state index in [9.17, 15) is 4.79 Å². The molecular weight excluding hydrogens is 354 g/mol. The molecule has 0 aliphatic rings. The number of benzene rings is 1. The molecule has 0 atom stereocenters. The summed E-state index contributed by atoms with van der Waals surface area (Å²) in [6.45, 7) is 2.39. The van der Waals surface area contributed by atoms with Crippen LogP contribution in [0, 0.1) is 6.92 Å². The van der Waals surface area contributed by atoms with Crippen molar-refractivity contribution < 1.29 is 14.3 Å². The third-order valence-corrected chi connectivity index (χ3v) is 4.69. The predicted molar refractivity (Wildman–Crippen MR) is 87.5 cm³/mol. The van der Waals surface area contributed by atoms with Crippen molar-refractivity contribution in [3.8, 4) is 11.5 Å². The molecule has 0 saturated carbocycles. The highest BCUT2D eigenvalue weighted by Gasteiger charge is 2.13. The van der Waals surface area contributed by atoms with E-state index in [1.807, 2.05) is 19.1 Å². The van der Waals surface area contributed by atoms with Gasteiger partial charge in [-0.1, -0.05) is 0 Å². The van der Waals surface area contributed by atoms with Crippen LogP contribution in [0.25, 0.3) is 0 Å². The molecular formula is C15H16BrNO3S. The van der Waals surface area contributed by atoms with Crippen LogP contribution < -0.4 is 14.8 Å². The predicted octanol–water partition coefficient (Wildman–Crippen LogP) is 3.77. The van der Waals surface area contributed by atoms with E-state index in [4.69, 9.17) is 9.47 Å². The lowest BCUT2D eigenvalue weighted by molar-refractivity contribution is 0.0950. The molecule has 0 spiro atoms. The lowest BCUT2D eigenvalue weighted by atomic mass is 10.1. The zero-order chi connectivity index (χ0) is 15.4. The minimum absolute atomic E-state index is 0.156. The van der Waals surface area contributed by atoms with Crippen molar-refractivity contribution >= 4 is 33.2 Å². The van der Waals surface area contributed by atoms with Crippen molar-refractivity contribution in [2.45, 2.75) is 13.5 Å². The molecule has 0 unspecified atom stereocenters. The van der Waals surface area contributed by atoms with Gasteiger partial charge in [0.25, 0.3) is 5.91 Å². The number of nitrogens with one attached hydrogen (secondary N) is 1. The average Bonchev–Trinajstić information content (AvgIpc) is 2.90. The molecule has 2 aromatic rings. The fourth-order valence-corrected chi connectivity index (χ4v) is 3.36. The maximum atomic E-state index is 12.2. The van der Waals surface area contributed by atoms with Crippen LogP contribution >= 0.6 is 27.3 Å². The van der Waals surface area contributed by atoms with Crippen LogP contribution in [0.1, 0.15) is 20.8 Å². The summed E-state index contributed by atoms with van der Waals surface area (Å²) in [7, 11) is 3.15. The molecule has 1 aromatic heterocycles. The molecule has 1 aromatic carbocycles. The summed E-state index contributed by atoms with van der Waals surface area (Å²) in [6.07, 6.45) is 0. The quantitative estimate of drug-likeness (QED) is 0.872. The Morgan fingerprint density at radius 3 is 2.33 bits per heavy atom. The summed E-state index contributed by atoms with van der Waals surface area (Å²) in [4.78, 5) is 13.3. The van der Waals surface area contributed by atoms with E-state index in [1.54, 1.807) is 37.7 Å². The fraction of sp³-hybridized carbons (Fsp3) is 0.267. The number of halogens is 1. The third kappa shape index (κ3) is 3.77. The first-order chi connectivity index (χ1) is 10.0. The highest BCUT2D eigenvalue weighted by molar-refractivity contribution is 9.11. The van der Waals surface area contributed by atoms with Gasteiger partial charge in [-0.15, -0.1) is 11.3 Å². The monoisotopic (exact) mass is 369 g/mol. The van der Waals surface area contributed by atoms with Gasteiger partial charge in [0.2, 0.25) is 0 Å². The fourth-order valence-electron chi connectivity index (χ4n) is 1.93. The zero-order valence-corrected chi connectivity index (χ0v) is 14.4. The Morgan fingerprint density at radius 1 is 1.24 bits per heavy atom. The zero-order valence-electron chi connectivity index (χ0n) is 12.0. The number of hydrogen-bond donors (Lipinski definition) is 1. The van der Waals surface area contributed by atoms with Crippen molar-refractivity contribution in [2.75, 3.05) is 14.2 Å². The lowest BCUT2D eigenvalue weighted by Crippen LogP contribution is -2.22. The van der Waals surface area contributed by atoms with Crippen LogP contribution in [-0.4, -0.2) is 20.1 Å². The Kier molecular flexibility index (Phi) is 5.25. The standard InChI is InChI=1S/C15H16BrNO3S/c1-9-12(19-2)6-10(7-13(9)20-3)15(18)17-8-11-4-5-14(16)21-11/h4-7H,8H2,1-3H3,(H,17,18). The molecule has 0 radical (unpaired) electrons. The molecule has 1 heterocycles.